The van der Waals surface area contributed by atoms with Crippen molar-refractivity contribution in [1.29, 1.82) is 0 Å². The molecule has 1 aliphatic rings. The summed E-state index contributed by atoms with van der Waals surface area (Å²) in [4.78, 5) is 17.2. The van der Waals surface area contributed by atoms with E-state index in [9.17, 15) is 4.79 Å². The molecule has 1 N–H and O–H groups in total. The molecule has 0 atom stereocenters. The lowest BCUT2D eigenvalue weighted by atomic mass is 9.76. The number of aromatic nitrogens is 1. The molecule has 0 saturated heterocycles. The minimum Gasteiger partial charge on any atom is -0.444 e. The molecule has 2 aromatic rings. The molecule has 1 aliphatic carbocycles. The number of rotatable bonds is 2. The van der Waals surface area contributed by atoms with Gasteiger partial charge in [0, 0.05) is 17.6 Å². The van der Waals surface area contributed by atoms with E-state index in [1.54, 1.807) is 11.3 Å². The van der Waals surface area contributed by atoms with Crippen molar-refractivity contribution in [3.63, 3.8) is 0 Å². The van der Waals surface area contributed by atoms with Gasteiger partial charge in [0.05, 0.1) is 0 Å². The third kappa shape index (κ3) is 3.18. The van der Waals surface area contributed by atoms with E-state index in [2.05, 4.69) is 21.7 Å². The van der Waals surface area contributed by atoms with Gasteiger partial charge in [-0.1, -0.05) is 6.07 Å². The van der Waals surface area contributed by atoms with Crippen molar-refractivity contribution >= 4 is 27.6 Å². The first-order valence-electron chi connectivity index (χ1n) is 7.24. The van der Waals surface area contributed by atoms with Crippen LogP contribution in [0, 0.1) is 0 Å². The number of nitrogens with zero attached hydrogens (tertiary/aromatic N) is 1. The van der Waals surface area contributed by atoms with Crippen LogP contribution in [0.25, 0.3) is 10.2 Å². The molecule has 1 amide bonds. The predicted molar refractivity (Wildman–Crippen MR) is 84.8 cm³/mol. The van der Waals surface area contributed by atoms with Crippen LogP contribution in [-0.4, -0.2) is 22.7 Å². The van der Waals surface area contributed by atoms with Gasteiger partial charge < -0.3 is 10.1 Å². The monoisotopic (exact) mass is 304 g/mol. The third-order valence-corrected chi connectivity index (χ3v) is 4.60. The van der Waals surface area contributed by atoms with E-state index in [4.69, 9.17) is 4.74 Å². The van der Waals surface area contributed by atoms with Gasteiger partial charge in [-0.05, 0) is 56.5 Å². The molecular formula is C16H20N2O2S. The largest absolute Gasteiger partial charge is 0.444 e. The summed E-state index contributed by atoms with van der Waals surface area (Å²) in [5.41, 5.74) is 0.924. The molecule has 1 saturated carbocycles. The molecule has 2 aromatic heterocycles. The van der Waals surface area contributed by atoms with Crippen molar-refractivity contribution in [2.45, 2.75) is 51.2 Å². The second-order valence-electron chi connectivity index (χ2n) is 6.56. The molecule has 0 spiro atoms. The highest BCUT2D eigenvalue weighted by atomic mass is 32.1. The van der Waals surface area contributed by atoms with E-state index in [0.29, 0.717) is 5.92 Å². The molecule has 5 heteroatoms. The molecule has 2 heterocycles. The van der Waals surface area contributed by atoms with Crippen LogP contribution in [0.1, 0.15) is 45.1 Å². The zero-order valence-electron chi connectivity index (χ0n) is 12.6. The van der Waals surface area contributed by atoms with Gasteiger partial charge in [0.15, 0.2) is 0 Å². The average Bonchev–Trinajstić information content (AvgIpc) is 2.74. The van der Waals surface area contributed by atoms with Crippen molar-refractivity contribution < 1.29 is 9.53 Å². The maximum absolute atomic E-state index is 11.7. The topological polar surface area (TPSA) is 51.2 Å². The number of amides is 1. The Labute approximate surface area is 128 Å². The maximum atomic E-state index is 11.7. The minimum absolute atomic E-state index is 0.219. The number of carbonyl (C=O) groups excluding carboxylic acids is 1. The van der Waals surface area contributed by atoms with E-state index in [0.717, 1.165) is 17.7 Å². The summed E-state index contributed by atoms with van der Waals surface area (Å²) in [5.74, 6) is 0.517. The van der Waals surface area contributed by atoms with Crippen molar-refractivity contribution in [3.05, 3.63) is 29.3 Å². The van der Waals surface area contributed by atoms with Crippen molar-refractivity contribution in [2.24, 2.45) is 0 Å². The zero-order valence-corrected chi connectivity index (χ0v) is 13.4. The zero-order chi connectivity index (χ0) is 15.0. The van der Waals surface area contributed by atoms with Crippen molar-refractivity contribution in [2.75, 3.05) is 0 Å². The van der Waals surface area contributed by atoms with Gasteiger partial charge >= 0.3 is 6.09 Å². The smallest absolute Gasteiger partial charge is 0.407 e. The fraction of sp³-hybridized carbons (Fsp3) is 0.500. The number of ether oxygens (including phenoxy) is 1. The Kier molecular flexibility index (Phi) is 3.61. The van der Waals surface area contributed by atoms with Gasteiger partial charge in [0.1, 0.15) is 10.4 Å². The number of hydrogen-bond donors (Lipinski definition) is 1. The predicted octanol–water partition coefficient (Wildman–Crippen LogP) is 4.07. The number of pyridine rings is 1. The van der Waals surface area contributed by atoms with Gasteiger partial charge in [0.2, 0.25) is 0 Å². The lowest BCUT2D eigenvalue weighted by Crippen LogP contribution is -2.45. The van der Waals surface area contributed by atoms with Crippen molar-refractivity contribution in [3.8, 4) is 0 Å². The Balaban J connectivity index is 1.57. The molecule has 0 unspecified atom stereocenters. The van der Waals surface area contributed by atoms with Crippen molar-refractivity contribution in [1.82, 2.24) is 10.3 Å². The van der Waals surface area contributed by atoms with Crippen LogP contribution < -0.4 is 5.32 Å². The van der Waals surface area contributed by atoms with E-state index < -0.39 is 5.60 Å². The lowest BCUT2D eigenvalue weighted by Gasteiger charge is -2.36. The normalized spacial score (nSPS) is 21.9. The molecule has 4 nitrogen and oxygen atoms in total. The first-order valence-corrected chi connectivity index (χ1v) is 8.12. The van der Waals surface area contributed by atoms with Gasteiger partial charge in [0.25, 0.3) is 0 Å². The molecule has 3 rings (SSSR count). The summed E-state index contributed by atoms with van der Waals surface area (Å²) in [6.45, 7) is 5.63. The molecule has 112 valence electrons. The van der Waals surface area contributed by atoms with Crippen LogP contribution >= 0.6 is 11.3 Å². The Morgan fingerprint density at radius 3 is 2.90 bits per heavy atom. The second-order valence-corrected chi connectivity index (χ2v) is 7.42. The summed E-state index contributed by atoms with van der Waals surface area (Å²) in [7, 11) is 0. The highest BCUT2D eigenvalue weighted by molar-refractivity contribution is 7.16. The van der Waals surface area contributed by atoms with Crippen LogP contribution in [-0.2, 0) is 4.74 Å². The summed E-state index contributed by atoms with van der Waals surface area (Å²) < 4.78 is 5.28. The Hall–Kier alpha value is -1.62. The standard InChI is InChI=1S/C16H20N2O2S/c1-16(2,3)20-15(19)18-11-7-10(8-11)13-9-21-14-12(13)5-4-6-17-14/h4-6,9-11H,7-8H2,1-3H3,(H,18,19). The van der Waals surface area contributed by atoms with Crippen LogP contribution in [0.4, 0.5) is 4.79 Å². The third-order valence-electron chi connectivity index (χ3n) is 3.68. The van der Waals surface area contributed by atoms with Crippen LogP contribution in [0.2, 0.25) is 0 Å². The Morgan fingerprint density at radius 2 is 2.19 bits per heavy atom. The number of hydrogen-bond acceptors (Lipinski definition) is 4. The molecule has 0 aromatic carbocycles. The lowest BCUT2D eigenvalue weighted by molar-refractivity contribution is 0.0471. The van der Waals surface area contributed by atoms with Gasteiger partial charge in [-0.15, -0.1) is 11.3 Å². The highest BCUT2D eigenvalue weighted by Gasteiger charge is 2.33. The van der Waals surface area contributed by atoms with Gasteiger partial charge in [-0.3, -0.25) is 0 Å². The van der Waals surface area contributed by atoms with Crippen LogP contribution in [0.5, 0.6) is 0 Å². The van der Waals surface area contributed by atoms with E-state index in [-0.39, 0.29) is 12.1 Å². The Bertz CT molecular complexity index is 654. The summed E-state index contributed by atoms with van der Waals surface area (Å²) in [6, 6.07) is 4.33. The average molecular weight is 304 g/mol. The Morgan fingerprint density at radius 1 is 1.43 bits per heavy atom. The molecular weight excluding hydrogens is 284 g/mol. The fourth-order valence-electron chi connectivity index (χ4n) is 2.67. The number of alkyl carbamates (subject to hydrolysis) is 1. The minimum atomic E-state index is -0.442. The number of carbonyl (C=O) groups is 1. The van der Waals surface area contributed by atoms with E-state index in [1.165, 1.54) is 10.9 Å². The van der Waals surface area contributed by atoms with Gasteiger partial charge in [-0.25, -0.2) is 9.78 Å². The van der Waals surface area contributed by atoms with E-state index >= 15 is 0 Å². The second kappa shape index (κ2) is 5.30. The SMILES string of the molecule is CC(C)(C)OC(=O)NC1CC(c2csc3ncccc23)C1. The summed E-state index contributed by atoms with van der Waals surface area (Å²) >= 11 is 1.69. The molecule has 1 fully saturated rings. The van der Waals surface area contributed by atoms with Gasteiger partial charge in [-0.2, -0.15) is 0 Å². The number of fused-ring (bicyclic) bond motifs is 1. The number of nitrogens with one attached hydrogen (secondary N) is 1. The summed E-state index contributed by atoms with van der Waals surface area (Å²) in [6.07, 6.45) is 3.46. The molecule has 0 bridgehead atoms. The molecule has 21 heavy (non-hydrogen) atoms. The maximum Gasteiger partial charge on any atom is 0.407 e. The quantitative estimate of drug-likeness (QED) is 0.910. The fourth-order valence-corrected chi connectivity index (χ4v) is 3.66. The first-order chi connectivity index (χ1) is 9.92. The number of thiophene rings is 1. The molecule has 0 aliphatic heterocycles. The van der Waals surface area contributed by atoms with Crippen LogP contribution in [0.15, 0.2) is 23.7 Å². The van der Waals surface area contributed by atoms with E-state index in [1.807, 2.05) is 33.0 Å². The molecule has 0 radical (unpaired) electrons. The summed E-state index contributed by atoms with van der Waals surface area (Å²) in [5, 5.41) is 6.39. The van der Waals surface area contributed by atoms with Crippen LogP contribution in [0.3, 0.4) is 0 Å². The highest BCUT2D eigenvalue weighted by Crippen LogP contribution is 2.41. The first kappa shape index (κ1) is 14.3.